The van der Waals surface area contributed by atoms with Crippen molar-refractivity contribution in [1.82, 2.24) is 0 Å². The van der Waals surface area contributed by atoms with Gasteiger partial charge in [0.15, 0.2) is 0 Å². The second-order valence-corrected chi connectivity index (χ2v) is 2.31. The number of quaternary nitrogens is 1. The molecule has 0 unspecified atom stereocenters. The zero-order valence-corrected chi connectivity index (χ0v) is 6.01. The quantitative estimate of drug-likeness (QED) is 0.595. The third-order valence-corrected chi connectivity index (χ3v) is 1.53. The molecule has 0 aliphatic carbocycles. The van der Waals surface area contributed by atoms with Gasteiger partial charge in [-0.15, -0.1) is 0 Å². The van der Waals surface area contributed by atoms with Gasteiger partial charge in [-0.25, -0.2) is 0 Å². The van der Waals surface area contributed by atoms with Crippen molar-refractivity contribution in [1.29, 1.82) is 0 Å². The molecule has 0 amide bonds. The lowest BCUT2D eigenvalue weighted by Gasteiger charge is -1.97. The standard InChI is InChI=1S/C8H12N2/c9-6-5-7-3-1-2-4-8(7)10/h1-4H,5-6,9-10H2/p+1. The number of rotatable bonds is 2. The van der Waals surface area contributed by atoms with Gasteiger partial charge in [-0.3, -0.25) is 0 Å². The average Bonchev–Trinajstić information content (AvgIpc) is 1.94. The van der Waals surface area contributed by atoms with Crippen LogP contribution in [0.5, 0.6) is 0 Å². The zero-order valence-electron chi connectivity index (χ0n) is 6.01. The van der Waals surface area contributed by atoms with Crippen LogP contribution in [0.1, 0.15) is 5.56 Å². The molecule has 0 spiro atoms. The SMILES string of the molecule is NCCc1ccccc1[NH3+]. The van der Waals surface area contributed by atoms with Crippen molar-refractivity contribution in [3.63, 3.8) is 0 Å². The maximum absolute atomic E-state index is 5.40. The molecule has 0 heterocycles. The van der Waals surface area contributed by atoms with Crippen molar-refractivity contribution < 1.29 is 5.73 Å². The van der Waals surface area contributed by atoms with Crippen LogP contribution in [0.4, 0.5) is 5.69 Å². The van der Waals surface area contributed by atoms with Gasteiger partial charge < -0.3 is 11.5 Å². The van der Waals surface area contributed by atoms with E-state index >= 15 is 0 Å². The number of benzene rings is 1. The van der Waals surface area contributed by atoms with E-state index in [1.54, 1.807) is 0 Å². The minimum atomic E-state index is 0.701. The van der Waals surface area contributed by atoms with E-state index in [1.807, 2.05) is 18.2 Å². The Kier molecular flexibility index (Phi) is 2.42. The average molecular weight is 137 g/mol. The first-order valence-corrected chi connectivity index (χ1v) is 3.44. The molecule has 0 aliphatic rings. The molecule has 1 rings (SSSR count). The van der Waals surface area contributed by atoms with Crippen molar-refractivity contribution in [3.8, 4) is 0 Å². The van der Waals surface area contributed by atoms with Gasteiger partial charge in [0.1, 0.15) is 5.69 Å². The molecule has 54 valence electrons. The van der Waals surface area contributed by atoms with Crippen LogP contribution in [-0.2, 0) is 6.42 Å². The second-order valence-electron chi connectivity index (χ2n) is 2.31. The summed E-state index contributed by atoms with van der Waals surface area (Å²) in [7, 11) is 0. The Bertz CT molecular complexity index is 208. The smallest absolute Gasteiger partial charge is 0.131 e. The summed E-state index contributed by atoms with van der Waals surface area (Å²) >= 11 is 0. The molecule has 10 heavy (non-hydrogen) atoms. The topological polar surface area (TPSA) is 53.7 Å². The fraction of sp³-hybridized carbons (Fsp3) is 0.250. The molecular weight excluding hydrogens is 124 g/mol. The Morgan fingerprint density at radius 2 is 2.00 bits per heavy atom. The van der Waals surface area contributed by atoms with Gasteiger partial charge >= 0.3 is 0 Å². The molecule has 0 bridgehead atoms. The second kappa shape index (κ2) is 3.34. The summed E-state index contributed by atoms with van der Waals surface area (Å²) in [5.41, 5.74) is 11.6. The van der Waals surface area contributed by atoms with E-state index in [0.29, 0.717) is 6.54 Å². The van der Waals surface area contributed by atoms with Gasteiger partial charge in [-0.05, 0) is 19.0 Å². The van der Waals surface area contributed by atoms with Crippen LogP contribution < -0.4 is 11.5 Å². The van der Waals surface area contributed by atoms with E-state index in [1.165, 1.54) is 5.56 Å². The molecule has 1 aromatic rings. The summed E-state index contributed by atoms with van der Waals surface area (Å²) in [5, 5.41) is 0. The predicted molar refractivity (Wildman–Crippen MR) is 41.7 cm³/mol. The van der Waals surface area contributed by atoms with Crippen LogP contribution in [0.3, 0.4) is 0 Å². The molecule has 0 radical (unpaired) electrons. The lowest BCUT2D eigenvalue weighted by molar-refractivity contribution is -0.255. The van der Waals surface area contributed by atoms with Gasteiger partial charge in [-0.1, -0.05) is 18.2 Å². The molecular formula is C8H13N2+. The first kappa shape index (κ1) is 7.25. The Balaban J connectivity index is 2.81. The fourth-order valence-corrected chi connectivity index (χ4v) is 0.957. The van der Waals surface area contributed by atoms with E-state index < -0.39 is 0 Å². The molecule has 2 nitrogen and oxygen atoms in total. The normalized spacial score (nSPS) is 9.80. The number of hydrogen-bond donors (Lipinski definition) is 2. The molecule has 0 fully saturated rings. The van der Waals surface area contributed by atoms with Crippen LogP contribution in [0, 0.1) is 0 Å². The maximum atomic E-state index is 5.40. The highest BCUT2D eigenvalue weighted by atomic mass is 14.6. The van der Waals surface area contributed by atoms with Crippen molar-refractivity contribution in [2.24, 2.45) is 5.73 Å². The number of hydrogen-bond acceptors (Lipinski definition) is 1. The summed E-state index contributed by atoms with van der Waals surface area (Å²) in [6, 6.07) is 8.07. The van der Waals surface area contributed by atoms with Gasteiger partial charge in [0, 0.05) is 5.56 Å². The van der Waals surface area contributed by atoms with Crippen LogP contribution in [0.25, 0.3) is 0 Å². The molecule has 1 aromatic carbocycles. The third kappa shape index (κ3) is 1.56. The molecule has 2 heteroatoms. The van der Waals surface area contributed by atoms with Crippen molar-refractivity contribution >= 4 is 5.69 Å². The van der Waals surface area contributed by atoms with Crippen LogP contribution in [0.2, 0.25) is 0 Å². The van der Waals surface area contributed by atoms with Gasteiger partial charge in [0.25, 0.3) is 0 Å². The van der Waals surface area contributed by atoms with Crippen LogP contribution in [0.15, 0.2) is 24.3 Å². The van der Waals surface area contributed by atoms with E-state index in [-0.39, 0.29) is 0 Å². The lowest BCUT2D eigenvalue weighted by Crippen LogP contribution is -2.41. The van der Waals surface area contributed by atoms with Crippen molar-refractivity contribution in [3.05, 3.63) is 29.8 Å². The molecule has 0 aromatic heterocycles. The Labute approximate surface area is 60.8 Å². The molecule has 0 atom stereocenters. The van der Waals surface area contributed by atoms with E-state index in [9.17, 15) is 0 Å². The van der Waals surface area contributed by atoms with E-state index in [4.69, 9.17) is 5.73 Å². The van der Waals surface area contributed by atoms with Crippen LogP contribution in [-0.4, -0.2) is 6.54 Å². The first-order chi connectivity index (χ1) is 4.84. The zero-order chi connectivity index (χ0) is 7.40. The highest BCUT2D eigenvalue weighted by molar-refractivity contribution is 5.38. The van der Waals surface area contributed by atoms with Gasteiger partial charge in [0.2, 0.25) is 0 Å². The van der Waals surface area contributed by atoms with Crippen LogP contribution >= 0.6 is 0 Å². The highest BCUT2D eigenvalue weighted by Gasteiger charge is 1.96. The molecule has 0 saturated carbocycles. The summed E-state index contributed by atoms with van der Waals surface area (Å²) in [6.45, 7) is 0.701. The number of nitrogens with two attached hydrogens (primary N) is 1. The van der Waals surface area contributed by atoms with E-state index in [0.717, 1.165) is 12.1 Å². The van der Waals surface area contributed by atoms with Gasteiger partial charge in [-0.2, -0.15) is 0 Å². The van der Waals surface area contributed by atoms with E-state index in [2.05, 4.69) is 11.8 Å². The minimum Gasteiger partial charge on any atom is -0.330 e. The highest BCUT2D eigenvalue weighted by Crippen LogP contribution is 2.07. The summed E-state index contributed by atoms with van der Waals surface area (Å²) in [4.78, 5) is 0. The maximum Gasteiger partial charge on any atom is 0.131 e. The summed E-state index contributed by atoms with van der Waals surface area (Å²) in [5.74, 6) is 0. The summed E-state index contributed by atoms with van der Waals surface area (Å²) in [6.07, 6.45) is 0.930. The fourth-order valence-electron chi connectivity index (χ4n) is 0.957. The Hall–Kier alpha value is -0.860. The van der Waals surface area contributed by atoms with Crippen molar-refractivity contribution in [2.75, 3.05) is 6.54 Å². The molecule has 0 aliphatic heterocycles. The molecule has 5 N–H and O–H groups in total. The minimum absolute atomic E-state index is 0.701. The largest absolute Gasteiger partial charge is 0.330 e. The first-order valence-electron chi connectivity index (χ1n) is 3.44. The monoisotopic (exact) mass is 137 g/mol. The Morgan fingerprint density at radius 3 is 2.60 bits per heavy atom. The van der Waals surface area contributed by atoms with Gasteiger partial charge in [0.05, 0.1) is 0 Å². The predicted octanol–water partition coefficient (Wildman–Crippen LogP) is 0.0612. The lowest BCUT2D eigenvalue weighted by atomic mass is 10.1. The summed E-state index contributed by atoms with van der Waals surface area (Å²) < 4.78 is 0. The molecule has 0 saturated heterocycles. The Morgan fingerprint density at radius 1 is 1.30 bits per heavy atom. The third-order valence-electron chi connectivity index (χ3n) is 1.53. The van der Waals surface area contributed by atoms with Crippen molar-refractivity contribution in [2.45, 2.75) is 6.42 Å².